The molecule has 0 unspecified atom stereocenters. The van der Waals surface area contributed by atoms with Gasteiger partial charge in [-0.05, 0) is 28.1 Å². The summed E-state index contributed by atoms with van der Waals surface area (Å²) in [6.07, 6.45) is 0.570. The van der Waals surface area contributed by atoms with E-state index < -0.39 is 12.1 Å². The van der Waals surface area contributed by atoms with Crippen molar-refractivity contribution in [1.29, 1.82) is 0 Å². The fourth-order valence-corrected chi connectivity index (χ4v) is 1.88. The zero-order valence-corrected chi connectivity index (χ0v) is 11.0. The van der Waals surface area contributed by atoms with Gasteiger partial charge < -0.3 is 14.7 Å². The van der Waals surface area contributed by atoms with Crippen LogP contribution < -0.4 is 0 Å². The van der Waals surface area contributed by atoms with Gasteiger partial charge in [-0.1, -0.05) is 0 Å². The number of carboxylic acids is 1. The van der Waals surface area contributed by atoms with E-state index in [1.54, 1.807) is 12.1 Å². The van der Waals surface area contributed by atoms with Crippen LogP contribution in [-0.2, 0) is 9.53 Å². The minimum atomic E-state index is -1.06. The number of nitrogens with zero attached hydrogens (tertiary/aromatic N) is 2. The maximum Gasteiger partial charge on any atom is 0.334 e. The van der Waals surface area contributed by atoms with Gasteiger partial charge in [0.05, 0.1) is 13.2 Å². The minimum Gasteiger partial charge on any atom is -0.479 e. The van der Waals surface area contributed by atoms with Crippen molar-refractivity contribution >= 4 is 27.8 Å². The van der Waals surface area contributed by atoms with Gasteiger partial charge in [0.2, 0.25) is 0 Å². The predicted molar refractivity (Wildman–Crippen MR) is 65.2 cm³/mol. The van der Waals surface area contributed by atoms with Gasteiger partial charge in [-0.15, -0.1) is 0 Å². The third-order valence-electron chi connectivity index (χ3n) is 2.58. The fraction of sp³-hybridized carbons (Fsp3) is 0.364. The zero-order valence-electron chi connectivity index (χ0n) is 9.38. The van der Waals surface area contributed by atoms with E-state index in [1.807, 2.05) is 0 Å². The summed E-state index contributed by atoms with van der Waals surface area (Å²) in [5.74, 6) is -1.34. The summed E-state index contributed by atoms with van der Waals surface area (Å²) in [6, 6.07) is 3.31. The number of amides is 1. The van der Waals surface area contributed by atoms with E-state index in [1.165, 1.54) is 11.1 Å². The Morgan fingerprint density at radius 2 is 2.28 bits per heavy atom. The minimum absolute atomic E-state index is 0.0475. The maximum atomic E-state index is 12.1. The molecule has 6 nitrogen and oxygen atoms in total. The van der Waals surface area contributed by atoms with Crippen LogP contribution in [0.25, 0.3) is 0 Å². The Morgan fingerprint density at radius 1 is 1.50 bits per heavy atom. The van der Waals surface area contributed by atoms with Gasteiger partial charge >= 0.3 is 5.97 Å². The Morgan fingerprint density at radius 3 is 2.89 bits per heavy atom. The molecule has 0 aliphatic carbocycles. The number of ether oxygens (including phenoxy) is 1. The lowest BCUT2D eigenvalue weighted by atomic mass is 10.2. The summed E-state index contributed by atoms with van der Waals surface area (Å²) in [5, 5.41) is 8.86. The van der Waals surface area contributed by atoms with Crippen molar-refractivity contribution in [3.8, 4) is 0 Å². The highest BCUT2D eigenvalue weighted by atomic mass is 79.9. The van der Waals surface area contributed by atoms with Crippen molar-refractivity contribution in [2.75, 3.05) is 19.7 Å². The quantitative estimate of drug-likeness (QED) is 0.872. The second kappa shape index (κ2) is 5.45. The van der Waals surface area contributed by atoms with E-state index in [4.69, 9.17) is 9.84 Å². The number of carbonyl (C=O) groups excluding carboxylic acids is 1. The van der Waals surface area contributed by atoms with Crippen LogP contribution in [0.3, 0.4) is 0 Å². The topological polar surface area (TPSA) is 79.7 Å². The Balaban J connectivity index is 2.09. The highest BCUT2D eigenvalue weighted by Crippen LogP contribution is 2.12. The van der Waals surface area contributed by atoms with E-state index in [-0.39, 0.29) is 19.1 Å². The van der Waals surface area contributed by atoms with Crippen LogP contribution in [-0.4, -0.2) is 52.7 Å². The highest BCUT2D eigenvalue weighted by molar-refractivity contribution is 9.10. The molecule has 1 aromatic heterocycles. The van der Waals surface area contributed by atoms with E-state index in [0.29, 0.717) is 12.2 Å². The molecule has 1 saturated heterocycles. The lowest BCUT2D eigenvalue weighted by Gasteiger charge is -2.30. The molecule has 1 fully saturated rings. The predicted octanol–water partition coefficient (Wildman–Crippen LogP) is 0.770. The summed E-state index contributed by atoms with van der Waals surface area (Å²) >= 11 is 3.23. The van der Waals surface area contributed by atoms with Gasteiger partial charge in [0, 0.05) is 17.2 Å². The average Bonchev–Trinajstić information content (AvgIpc) is 2.39. The van der Waals surface area contributed by atoms with Crippen LogP contribution >= 0.6 is 15.9 Å². The monoisotopic (exact) mass is 314 g/mol. The van der Waals surface area contributed by atoms with Crippen molar-refractivity contribution in [2.45, 2.75) is 6.10 Å². The van der Waals surface area contributed by atoms with Gasteiger partial charge in [-0.25, -0.2) is 9.78 Å². The third kappa shape index (κ3) is 2.85. The van der Waals surface area contributed by atoms with Crippen LogP contribution in [0.1, 0.15) is 10.5 Å². The Kier molecular flexibility index (Phi) is 3.93. The standard InChI is InChI=1S/C11H11BrN2O4/c12-7-1-2-8(13-5-7)10(15)14-3-4-18-9(6-14)11(16)17/h1-2,5,9H,3-4,6H2,(H,16,17)/t9-/m1/s1. The number of hydrogen-bond donors (Lipinski definition) is 1. The molecule has 0 saturated carbocycles. The molecule has 0 bridgehead atoms. The molecule has 0 radical (unpaired) electrons. The Labute approximate surface area is 112 Å². The zero-order chi connectivity index (χ0) is 13.1. The first-order valence-electron chi connectivity index (χ1n) is 5.33. The van der Waals surface area contributed by atoms with Gasteiger partial charge in [0.25, 0.3) is 5.91 Å². The van der Waals surface area contributed by atoms with Gasteiger partial charge in [-0.3, -0.25) is 4.79 Å². The number of aliphatic carboxylic acids is 1. The van der Waals surface area contributed by atoms with Crippen molar-refractivity contribution in [1.82, 2.24) is 9.88 Å². The fourth-order valence-electron chi connectivity index (χ4n) is 1.65. The van der Waals surface area contributed by atoms with Crippen LogP contribution in [0.2, 0.25) is 0 Å². The number of rotatable bonds is 2. The molecule has 18 heavy (non-hydrogen) atoms. The van der Waals surface area contributed by atoms with Crippen LogP contribution in [0.15, 0.2) is 22.8 Å². The molecule has 2 heterocycles. The number of morpholine rings is 1. The smallest absolute Gasteiger partial charge is 0.334 e. The number of carbonyl (C=O) groups is 2. The molecule has 0 spiro atoms. The maximum absolute atomic E-state index is 12.1. The van der Waals surface area contributed by atoms with Crippen molar-refractivity contribution in [3.05, 3.63) is 28.5 Å². The Bertz CT molecular complexity index is 463. The first-order chi connectivity index (χ1) is 8.58. The van der Waals surface area contributed by atoms with Gasteiger partial charge in [0.15, 0.2) is 6.10 Å². The summed E-state index contributed by atoms with van der Waals surface area (Å²) < 4.78 is 5.84. The molecule has 1 aliphatic rings. The van der Waals surface area contributed by atoms with Gasteiger partial charge in [0.1, 0.15) is 5.69 Å². The molecule has 1 N–H and O–H groups in total. The Hall–Kier alpha value is -1.47. The van der Waals surface area contributed by atoms with E-state index >= 15 is 0 Å². The van der Waals surface area contributed by atoms with E-state index in [0.717, 1.165) is 4.47 Å². The largest absolute Gasteiger partial charge is 0.479 e. The normalized spacial score (nSPS) is 19.6. The summed E-state index contributed by atoms with van der Waals surface area (Å²) in [6.45, 7) is 0.644. The molecular formula is C11H11BrN2O4. The van der Waals surface area contributed by atoms with Crippen LogP contribution in [0, 0.1) is 0 Å². The molecule has 0 aromatic carbocycles. The van der Waals surface area contributed by atoms with Gasteiger partial charge in [-0.2, -0.15) is 0 Å². The molecule has 1 amide bonds. The van der Waals surface area contributed by atoms with Crippen LogP contribution in [0.5, 0.6) is 0 Å². The second-order valence-electron chi connectivity index (χ2n) is 3.81. The molecule has 7 heteroatoms. The molecule has 1 atom stereocenters. The lowest BCUT2D eigenvalue weighted by molar-refractivity contribution is -0.154. The lowest BCUT2D eigenvalue weighted by Crippen LogP contribution is -2.48. The average molecular weight is 315 g/mol. The SMILES string of the molecule is O=C(O)[C@H]1CN(C(=O)c2ccc(Br)cn2)CCO1. The summed E-state index contributed by atoms with van der Waals surface area (Å²) in [5.41, 5.74) is 0.296. The number of pyridine rings is 1. The number of carboxylic acid groups (broad SMARTS) is 1. The number of aromatic nitrogens is 1. The molecular weight excluding hydrogens is 304 g/mol. The first-order valence-corrected chi connectivity index (χ1v) is 6.12. The van der Waals surface area contributed by atoms with E-state index in [2.05, 4.69) is 20.9 Å². The molecule has 96 valence electrons. The molecule has 1 aromatic rings. The third-order valence-corrected chi connectivity index (χ3v) is 3.04. The van der Waals surface area contributed by atoms with Crippen LogP contribution in [0.4, 0.5) is 0 Å². The number of halogens is 1. The number of hydrogen-bond acceptors (Lipinski definition) is 4. The highest BCUT2D eigenvalue weighted by Gasteiger charge is 2.29. The molecule has 2 rings (SSSR count). The van der Waals surface area contributed by atoms with E-state index in [9.17, 15) is 9.59 Å². The van der Waals surface area contributed by atoms with Crippen molar-refractivity contribution in [2.24, 2.45) is 0 Å². The summed E-state index contributed by atoms with van der Waals surface area (Å²) in [4.78, 5) is 28.3. The van der Waals surface area contributed by atoms with Crippen molar-refractivity contribution < 1.29 is 19.4 Å². The summed E-state index contributed by atoms with van der Waals surface area (Å²) in [7, 11) is 0. The molecule has 1 aliphatic heterocycles. The first kappa shape index (κ1) is 13.0. The van der Waals surface area contributed by atoms with Crippen molar-refractivity contribution in [3.63, 3.8) is 0 Å². The second-order valence-corrected chi connectivity index (χ2v) is 4.73.